The number of aromatic nitrogens is 2. The first-order valence-electron chi connectivity index (χ1n) is 7.07. The quantitative estimate of drug-likeness (QED) is 0.764. The predicted octanol–water partition coefficient (Wildman–Crippen LogP) is 3.00. The normalized spacial score (nSPS) is 10.4. The van der Waals surface area contributed by atoms with Crippen LogP contribution in [0.5, 0.6) is 0 Å². The highest BCUT2D eigenvalue weighted by atomic mass is 16.5. The standard InChI is InChI=1S/C17H13N3O4/c1-10-2-4-12(5-3-10)15(21)19-16-13(17(22)23)14(20-24-16)11-6-8-18-9-7-11/h2-9H,1H3,(H,19,21)(H,22,23). The van der Waals surface area contributed by atoms with E-state index in [-0.39, 0.29) is 17.1 Å². The Bertz CT molecular complexity index is 886. The van der Waals surface area contributed by atoms with Gasteiger partial charge in [-0.2, -0.15) is 0 Å². The number of hydrogen-bond donors (Lipinski definition) is 2. The van der Waals surface area contributed by atoms with Crippen LogP contribution in [-0.4, -0.2) is 27.1 Å². The van der Waals surface area contributed by atoms with Gasteiger partial charge in [-0.1, -0.05) is 22.9 Å². The number of amides is 1. The number of hydrogen-bond acceptors (Lipinski definition) is 5. The molecule has 0 aliphatic rings. The maximum absolute atomic E-state index is 12.2. The van der Waals surface area contributed by atoms with Crippen LogP contribution in [0.1, 0.15) is 26.3 Å². The lowest BCUT2D eigenvalue weighted by molar-refractivity contribution is 0.0698. The summed E-state index contributed by atoms with van der Waals surface area (Å²) in [7, 11) is 0. The average molecular weight is 323 g/mol. The van der Waals surface area contributed by atoms with E-state index in [4.69, 9.17) is 4.52 Å². The molecular weight excluding hydrogens is 310 g/mol. The van der Waals surface area contributed by atoms with E-state index >= 15 is 0 Å². The van der Waals surface area contributed by atoms with Crippen LogP contribution in [0.15, 0.2) is 53.3 Å². The average Bonchev–Trinajstić information content (AvgIpc) is 3.00. The molecule has 2 aromatic heterocycles. The van der Waals surface area contributed by atoms with Crippen LogP contribution in [0.25, 0.3) is 11.3 Å². The molecule has 0 spiro atoms. The van der Waals surface area contributed by atoms with Crippen molar-refractivity contribution in [1.29, 1.82) is 0 Å². The van der Waals surface area contributed by atoms with Gasteiger partial charge in [0, 0.05) is 23.5 Å². The third kappa shape index (κ3) is 3.00. The number of carbonyl (C=O) groups excluding carboxylic acids is 1. The first-order chi connectivity index (χ1) is 11.6. The number of carboxylic acid groups (broad SMARTS) is 1. The van der Waals surface area contributed by atoms with E-state index in [1.165, 1.54) is 12.4 Å². The Kier molecular flexibility index (Phi) is 4.07. The summed E-state index contributed by atoms with van der Waals surface area (Å²) in [6.45, 7) is 1.90. The van der Waals surface area contributed by atoms with Gasteiger partial charge in [0.2, 0.25) is 5.88 Å². The summed E-state index contributed by atoms with van der Waals surface area (Å²) in [4.78, 5) is 27.7. The maximum Gasteiger partial charge on any atom is 0.343 e. The zero-order valence-corrected chi connectivity index (χ0v) is 12.7. The van der Waals surface area contributed by atoms with Gasteiger partial charge in [0.25, 0.3) is 5.91 Å². The summed E-state index contributed by atoms with van der Waals surface area (Å²) in [5.41, 5.74) is 1.85. The number of aryl methyl sites for hydroxylation is 1. The molecule has 0 atom stereocenters. The molecular formula is C17H13N3O4. The smallest absolute Gasteiger partial charge is 0.343 e. The molecule has 2 N–H and O–H groups in total. The van der Waals surface area contributed by atoms with Crippen molar-refractivity contribution in [3.63, 3.8) is 0 Å². The Morgan fingerprint density at radius 1 is 1.08 bits per heavy atom. The summed E-state index contributed by atoms with van der Waals surface area (Å²) in [5.74, 6) is -1.93. The van der Waals surface area contributed by atoms with Gasteiger partial charge in [-0.25, -0.2) is 4.79 Å². The molecule has 2 heterocycles. The fraction of sp³-hybridized carbons (Fsp3) is 0.0588. The topological polar surface area (TPSA) is 105 Å². The fourth-order valence-corrected chi connectivity index (χ4v) is 2.16. The van der Waals surface area contributed by atoms with Crippen molar-refractivity contribution in [2.45, 2.75) is 6.92 Å². The number of carbonyl (C=O) groups is 2. The third-order valence-corrected chi connectivity index (χ3v) is 3.40. The van der Waals surface area contributed by atoms with Gasteiger partial charge in [0.1, 0.15) is 5.69 Å². The van der Waals surface area contributed by atoms with Crippen molar-refractivity contribution in [2.24, 2.45) is 0 Å². The highest BCUT2D eigenvalue weighted by molar-refractivity contribution is 6.08. The minimum atomic E-state index is -1.25. The molecule has 0 saturated heterocycles. The van der Waals surface area contributed by atoms with Gasteiger partial charge >= 0.3 is 5.97 Å². The highest BCUT2D eigenvalue weighted by Crippen LogP contribution is 2.28. The highest BCUT2D eigenvalue weighted by Gasteiger charge is 2.25. The van der Waals surface area contributed by atoms with E-state index < -0.39 is 11.9 Å². The van der Waals surface area contributed by atoms with Gasteiger partial charge in [-0.3, -0.25) is 15.1 Å². The molecule has 7 heteroatoms. The largest absolute Gasteiger partial charge is 0.477 e. The second-order valence-corrected chi connectivity index (χ2v) is 5.10. The summed E-state index contributed by atoms with van der Waals surface area (Å²) >= 11 is 0. The molecule has 120 valence electrons. The lowest BCUT2D eigenvalue weighted by Gasteiger charge is -2.03. The number of anilines is 1. The molecule has 1 aromatic carbocycles. The summed E-state index contributed by atoms with van der Waals surface area (Å²) in [6, 6.07) is 10.1. The minimum Gasteiger partial charge on any atom is -0.477 e. The second-order valence-electron chi connectivity index (χ2n) is 5.10. The monoisotopic (exact) mass is 323 g/mol. The van der Waals surface area contributed by atoms with E-state index in [0.717, 1.165) is 5.56 Å². The molecule has 0 saturated carbocycles. The molecule has 0 aliphatic heterocycles. The molecule has 3 rings (SSSR count). The van der Waals surface area contributed by atoms with Crippen molar-refractivity contribution < 1.29 is 19.2 Å². The minimum absolute atomic E-state index is 0.129. The number of aromatic carboxylic acids is 1. The lowest BCUT2D eigenvalue weighted by Crippen LogP contribution is -2.14. The number of benzene rings is 1. The van der Waals surface area contributed by atoms with Crippen molar-refractivity contribution in [2.75, 3.05) is 5.32 Å². The number of pyridine rings is 1. The van der Waals surface area contributed by atoms with Crippen LogP contribution in [-0.2, 0) is 0 Å². The molecule has 7 nitrogen and oxygen atoms in total. The van der Waals surface area contributed by atoms with Crippen LogP contribution in [0, 0.1) is 6.92 Å². The van der Waals surface area contributed by atoms with E-state index in [0.29, 0.717) is 11.1 Å². The first-order valence-corrected chi connectivity index (χ1v) is 7.07. The molecule has 0 bridgehead atoms. The van der Waals surface area contributed by atoms with Gasteiger partial charge in [-0.05, 0) is 31.2 Å². The Morgan fingerprint density at radius 2 is 1.75 bits per heavy atom. The Hall–Kier alpha value is -3.48. The number of carboxylic acids is 1. The molecule has 0 unspecified atom stereocenters. The third-order valence-electron chi connectivity index (χ3n) is 3.40. The summed E-state index contributed by atoms with van der Waals surface area (Å²) in [6.07, 6.45) is 3.03. The molecule has 0 aliphatic carbocycles. The van der Waals surface area contributed by atoms with Crippen molar-refractivity contribution >= 4 is 17.8 Å². The van der Waals surface area contributed by atoms with Crippen molar-refractivity contribution in [3.8, 4) is 11.3 Å². The summed E-state index contributed by atoms with van der Waals surface area (Å²) in [5, 5.41) is 15.7. The van der Waals surface area contributed by atoms with Gasteiger partial charge in [0.15, 0.2) is 5.56 Å². The Morgan fingerprint density at radius 3 is 2.38 bits per heavy atom. The molecule has 3 aromatic rings. The second kappa shape index (κ2) is 6.33. The van der Waals surface area contributed by atoms with Crippen LogP contribution in [0.2, 0.25) is 0 Å². The first kappa shape index (κ1) is 15.4. The molecule has 1 amide bonds. The maximum atomic E-state index is 12.2. The fourth-order valence-electron chi connectivity index (χ4n) is 2.16. The van der Waals surface area contributed by atoms with Crippen LogP contribution >= 0.6 is 0 Å². The van der Waals surface area contributed by atoms with Crippen LogP contribution in [0.4, 0.5) is 5.88 Å². The van der Waals surface area contributed by atoms with Crippen molar-refractivity contribution in [1.82, 2.24) is 10.1 Å². The van der Waals surface area contributed by atoms with E-state index in [2.05, 4.69) is 15.5 Å². The van der Waals surface area contributed by atoms with E-state index in [9.17, 15) is 14.7 Å². The van der Waals surface area contributed by atoms with Crippen LogP contribution in [0.3, 0.4) is 0 Å². The van der Waals surface area contributed by atoms with Gasteiger partial charge in [-0.15, -0.1) is 0 Å². The number of nitrogens with one attached hydrogen (secondary N) is 1. The Labute approximate surface area is 136 Å². The Balaban J connectivity index is 1.94. The zero-order valence-electron chi connectivity index (χ0n) is 12.7. The number of rotatable bonds is 4. The molecule has 0 radical (unpaired) electrons. The zero-order chi connectivity index (χ0) is 17.1. The summed E-state index contributed by atoms with van der Waals surface area (Å²) < 4.78 is 5.04. The van der Waals surface area contributed by atoms with Crippen LogP contribution < -0.4 is 5.32 Å². The van der Waals surface area contributed by atoms with E-state index in [1.807, 2.05) is 6.92 Å². The number of nitrogens with zero attached hydrogens (tertiary/aromatic N) is 2. The van der Waals surface area contributed by atoms with Gasteiger partial charge in [0.05, 0.1) is 0 Å². The van der Waals surface area contributed by atoms with Crippen molar-refractivity contribution in [3.05, 3.63) is 65.5 Å². The lowest BCUT2D eigenvalue weighted by atomic mass is 10.1. The molecule has 0 fully saturated rings. The molecule has 24 heavy (non-hydrogen) atoms. The van der Waals surface area contributed by atoms with Gasteiger partial charge < -0.3 is 9.63 Å². The SMILES string of the molecule is Cc1ccc(C(=O)Nc2onc(-c3ccncc3)c2C(=O)O)cc1. The van der Waals surface area contributed by atoms with E-state index in [1.54, 1.807) is 36.4 Å². The predicted molar refractivity (Wildman–Crippen MR) is 85.8 cm³/mol.